The van der Waals surface area contributed by atoms with Gasteiger partial charge in [-0.1, -0.05) is 24.3 Å². The number of nitrogens with two attached hydrogens (primary N) is 12. The van der Waals surface area contributed by atoms with Gasteiger partial charge >= 0.3 is 0 Å². The van der Waals surface area contributed by atoms with E-state index in [1.807, 2.05) is 60.7 Å². The molecule has 224 valence electrons. The van der Waals surface area contributed by atoms with Crippen molar-refractivity contribution in [2.75, 3.05) is 68.8 Å². The zero-order valence-corrected chi connectivity index (χ0v) is 23.7. The topological polar surface area (TPSA) is 312 Å². The first-order chi connectivity index (χ1) is 20.2. The van der Waals surface area contributed by atoms with E-state index in [0.717, 1.165) is 28.7 Å². The van der Waals surface area contributed by atoms with Gasteiger partial charge in [0, 0.05) is 0 Å². The van der Waals surface area contributed by atoms with Crippen LogP contribution in [0.25, 0.3) is 11.1 Å². The standard InChI is InChI=1S/C13H16N4.C12H14N4.C6H10N4/c14-10-3-1-8(6-12(10)16)5-9-2-4-11(15)13(17)7-9;13-9-3-1-7(5-11(9)15)8-2-4-10(14)12(16)6-8;7-3-1-4(8)6(10)2-5(3)9/h1-4,6-7H,5,14-17H2;1-6H,13-16H2;1-2H,7-10H2. The Kier molecular flexibility index (Phi) is 9.71. The Morgan fingerprint density at radius 1 is 0.256 bits per heavy atom. The van der Waals surface area contributed by atoms with Gasteiger partial charge in [-0.05, 0) is 89.3 Å². The van der Waals surface area contributed by atoms with Gasteiger partial charge in [-0.15, -0.1) is 0 Å². The van der Waals surface area contributed by atoms with Crippen molar-refractivity contribution in [2.24, 2.45) is 0 Å². The number of hydrogen-bond donors (Lipinski definition) is 12. The summed E-state index contributed by atoms with van der Waals surface area (Å²) >= 11 is 0. The molecule has 0 bridgehead atoms. The molecule has 0 spiro atoms. The van der Waals surface area contributed by atoms with Gasteiger partial charge in [0.05, 0.1) is 68.2 Å². The van der Waals surface area contributed by atoms with Gasteiger partial charge in [0.2, 0.25) is 0 Å². The Balaban J connectivity index is 0.000000183. The average Bonchev–Trinajstić information content (AvgIpc) is 2.95. The summed E-state index contributed by atoms with van der Waals surface area (Å²) in [6.45, 7) is 0. The minimum atomic E-state index is 0.465. The van der Waals surface area contributed by atoms with Crippen LogP contribution in [0.4, 0.5) is 68.2 Å². The van der Waals surface area contributed by atoms with Crippen LogP contribution in [0.2, 0.25) is 0 Å². The fourth-order valence-corrected chi connectivity index (χ4v) is 3.88. The van der Waals surface area contributed by atoms with Crippen LogP contribution >= 0.6 is 0 Å². The molecule has 0 atom stereocenters. The lowest BCUT2D eigenvalue weighted by Crippen LogP contribution is -2.00. The van der Waals surface area contributed by atoms with Gasteiger partial charge in [-0.2, -0.15) is 0 Å². The maximum Gasteiger partial charge on any atom is 0.0570 e. The van der Waals surface area contributed by atoms with Crippen molar-refractivity contribution in [3.8, 4) is 11.1 Å². The molecule has 0 saturated carbocycles. The molecule has 43 heavy (non-hydrogen) atoms. The van der Waals surface area contributed by atoms with Gasteiger partial charge in [0.15, 0.2) is 0 Å². The predicted molar refractivity (Wildman–Crippen MR) is 187 cm³/mol. The molecule has 24 N–H and O–H groups in total. The van der Waals surface area contributed by atoms with E-state index in [4.69, 9.17) is 68.8 Å². The van der Waals surface area contributed by atoms with Gasteiger partial charge < -0.3 is 68.8 Å². The third-order valence-electron chi connectivity index (χ3n) is 6.51. The highest BCUT2D eigenvalue weighted by Crippen LogP contribution is 2.29. The largest absolute Gasteiger partial charge is 0.397 e. The summed E-state index contributed by atoms with van der Waals surface area (Å²) in [6, 6.07) is 25.4. The van der Waals surface area contributed by atoms with E-state index < -0.39 is 0 Å². The molecule has 0 fully saturated rings. The predicted octanol–water partition coefficient (Wildman–Crippen LogP) is 3.30. The summed E-state index contributed by atoms with van der Waals surface area (Å²) < 4.78 is 0. The molecule has 5 rings (SSSR count). The Morgan fingerprint density at radius 3 is 0.791 bits per heavy atom. The maximum absolute atomic E-state index is 5.76. The molecule has 5 aromatic rings. The van der Waals surface area contributed by atoms with Gasteiger partial charge in [0.1, 0.15) is 0 Å². The fourth-order valence-electron chi connectivity index (χ4n) is 3.88. The van der Waals surface area contributed by atoms with Crippen LogP contribution in [0.3, 0.4) is 0 Å². The van der Waals surface area contributed by atoms with Crippen LogP contribution in [0.15, 0.2) is 84.9 Å². The summed E-state index contributed by atoms with van der Waals surface area (Å²) in [7, 11) is 0. The molecule has 0 radical (unpaired) electrons. The number of rotatable bonds is 3. The summed E-state index contributed by atoms with van der Waals surface area (Å²) in [5.41, 5.74) is 78.0. The quantitative estimate of drug-likeness (QED) is 0.137. The van der Waals surface area contributed by atoms with E-state index in [1.54, 1.807) is 24.3 Å². The highest BCUT2D eigenvalue weighted by Gasteiger charge is 2.04. The highest BCUT2D eigenvalue weighted by atomic mass is 14.7. The molecular formula is C31H40N12. The summed E-state index contributed by atoms with van der Waals surface area (Å²) in [6.07, 6.45) is 0.759. The third kappa shape index (κ3) is 8.35. The van der Waals surface area contributed by atoms with Crippen molar-refractivity contribution in [3.63, 3.8) is 0 Å². The van der Waals surface area contributed by atoms with Crippen LogP contribution in [0.5, 0.6) is 0 Å². The first-order valence-electron chi connectivity index (χ1n) is 13.0. The zero-order chi connectivity index (χ0) is 31.8. The van der Waals surface area contributed by atoms with Gasteiger partial charge in [-0.3, -0.25) is 0 Å². The van der Waals surface area contributed by atoms with Crippen molar-refractivity contribution in [1.82, 2.24) is 0 Å². The molecule has 0 unspecified atom stereocenters. The van der Waals surface area contributed by atoms with E-state index in [2.05, 4.69) is 0 Å². The van der Waals surface area contributed by atoms with E-state index in [-0.39, 0.29) is 0 Å². The second kappa shape index (κ2) is 13.4. The van der Waals surface area contributed by atoms with Crippen molar-refractivity contribution in [3.05, 3.63) is 96.1 Å². The third-order valence-corrected chi connectivity index (χ3v) is 6.51. The van der Waals surface area contributed by atoms with Crippen LogP contribution < -0.4 is 68.8 Å². The molecule has 12 nitrogen and oxygen atoms in total. The summed E-state index contributed by atoms with van der Waals surface area (Å²) in [4.78, 5) is 0. The molecule has 5 aromatic carbocycles. The van der Waals surface area contributed by atoms with Gasteiger partial charge in [0.25, 0.3) is 0 Å². The van der Waals surface area contributed by atoms with Crippen LogP contribution in [-0.4, -0.2) is 0 Å². The summed E-state index contributed by atoms with van der Waals surface area (Å²) in [5.74, 6) is 0. The maximum atomic E-state index is 5.76. The number of benzene rings is 5. The Bertz CT molecular complexity index is 1580. The number of nitrogen functional groups attached to an aromatic ring is 12. The van der Waals surface area contributed by atoms with Crippen molar-refractivity contribution in [1.29, 1.82) is 0 Å². The monoisotopic (exact) mass is 580 g/mol. The molecule has 0 aliphatic rings. The molecule has 0 aromatic heterocycles. The smallest absolute Gasteiger partial charge is 0.0570 e. The van der Waals surface area contributed by atoms with Crippen LogP contribution in [0, 0.1) is 0 Å². The minimum Gasteiger partial charge on any atom is -0.397 e. The molecule has 0 aliphatic carbocycles. The second-order valence-corrected chi connectivity index (χ2v) is 9.90. The van der Waals surface area contributed by atoms with E-state index in [1.165, 1.54) is 0 Å². The number of hydrogen-bond acceptors (Lipinski definition) is 12. The Labute approximate surface area is 250 Å². The lowest BCUT2D eigenvalue weighted by molar-refractivity contribution is 1.20. The van der Waals surface area contributed by atoms with Crippen LogP contribution in [0.1, 0.15) is 11.1 Å². The SMILES string of the molecule is Nc1cc(N)c(N)cc1N.Nc1ccc(-c2ccc(N)c(N)c2)cc1N.Nc1ccc(Cc2ccc(N)c(N)c2)cc1N. The highest BCUT2D eigenvalue weighted by molar-refractivity contribution is 5.79. The van der Waals surface area contributed by atoms with E-state index in [0.29, 0.717) is 68.2 Å². The van der Waals surface area contributed by atoms with Crippen molar-refractivity contribution >= 4 is 68.2 Å². The molecule has 0 amide bonds. The summed E-state index contributed by atoms with van der Waals surface area (Å²) in [5, 5.41) is 0. The fraction of sp³-hybridized carbons (Fsp3) is 0.0323. The zero-order valence-electron chi connectivity index (χ0n) is 23.7. The van der Waals surface area contributed by atoms with E-state index in [9.17, 15) is 0 Å². The average molecular weight is 581 g/mol. The first-order valence-corrected chi connectivity index (χ1v) is 13.0. The molecule has 0 aliphatic heterocycles. The minimum absolute atomic E-state index is 0.465. The lowest BCUT2D eigenvalue weighted by Gasteiger charge is -2.07. The van der Waals surface area contributed by atoms with E-state index >= 15 is 0 Å². The molecule has 0 saturated heterocycles. The number of anilines is 12. The normalized spacial score (nSPS) is 10.1. The molecule has 0 heterocycles. The molecule has 12 heteroatoms. The first kappa shape index (κ1) is 31.2. The molecular weight excluding hydrogens is 540 g/mol. The van der Waals surface area contributed by atoms with Gasteiger partial charge in [-0.25, -0.2) is 0 Å². The van der Waals surface area contributed by atoms with Crippen molar-refractivity contribution < 1.29 is 0 Å². The lowest BCUT2D eigenvalue weighted by atomic mass is 10.0. The van der Waals surface area contributed by atoms with Crippen molar-refractivity contribution in [2.45, 2.75) is 6.42 Å². The second-order valence-electron chi connectivity index (χ2n) is 9.90. The van der Waals surface area contributed by atoms with Crippen LogP contribution in [-0.2, 0) is 6.42 Å². The Hall–Kier alpha value is -6.30. The Morgan fingerprint density at radius 2 is 0.512 bits per heavy atom.